The molecule has 0 unspecified atom stereocenters. The molecule has 1 amide bonds. The minimum absolute atomic E-state index is 0.0268. The maximum Gasteiger partial charge on any atom is 0.246 e. The van der Waals surface area contributed by atoms with Crippen LogP contribution in [0.2, 0.25) is 0 Å². The third-order valence-electron chi connectivity index (χ3n) is 3.45. The van der Waals surface area contributed by atoms with Gasteiger partial charge in [-0.25, -0.2) is 0 Å². The topological polar surface area (TPSA) is 55.6 Å². The molecule has 0 aliphatic carbocycles. The van der Waals surface area contributed by atoms with E-state index in [2.05, 4.69) is 15.9 Å². The van der Waals surface area contributed by atoms with Crippen LogP contribution in [0.4, 0.5) is 0 Å². The van der Waals surface area contributed by atoms with E-state index in [1.807, 2.05) is 23.1 Å². The molecule has 0 bridgehead atoms. The summed E-state index contributed by atoms with van der Waals surface area (Å²) in [6, 6.07) is 5.93. The van der Waals surface area contributed by atoms with Gasteiger partial charge in [0.25, 0.3) is 0 Å². The van der Waals surface area contributed by atoms with Crippen molar-refractivity contribution in [3.8, 4) is 5.75 Å². The Morgan fingerprint density at radius 1 is 1.45 bits per heavy atom. The van der Waals surface area contributed by atoms with Crippen molar-refractivity contribution in [1.29, 1.82) is 0 Å². The Labute approximate surface area is 127 Å². The van der Waals surface area contributed by atoms with Crippen LogP contribution in [0.15, 0.2) is 28.7 Å². The minimum Gasteiger partial charge on any atom is -0.496 e. The number of hydrogen-bond donors (Lipinski definition) is 1. The van der Waals surface area contributed by atoms with Gasteiger partial charge in [0.05, 0.1) is 7.11 Å². The van der Waals surface area contributed by atoms with Crippen molar-refractivity contribution < 1.29 is 9.53 Å². The van der Waals surface area contributed by atoms with Crippen molar-refractivity contribution in [2.45, 2.75) is 18.9 Å². The predicted molar refractivity (Wildman–Crippen MR) is 83.5 cm³/mol. The number of hydrogen-bond acceptors (Lipinski definition) is 3. The quantitative estimate of drug-likeness (QED) is 0.861. The van der Waals surface area contributed by atoms with Crippen LogP contribution in [-0.2, 0) is 4.79 Å². The first-order valence-corrected chi connectivity index (χ1v) is 7.45. The Kier molecular flexibility index (Phi) is 5.20. The molecule has 5 heteroatoms. The number of carbonyl (C=O) groups is 1. The van der Waals surface area contributed by atoms with Crippen LogP contribution in [-0.4, -0.2) is 37.0 Å². The molecule has 1 aliphatic rings. The number of piperidine rings is 1. The molecule has 1 aliphatic heterocycles. The van der Waals surface area contributed by atoms with Gasteiger partial charge in [-0.15, -0.1) is 0 Å². The summed E-state index contributed by atoms with van der Waals surface area (Å²) in [6.45, 7) is 1.47. The molecule has 0 radical (unpaired) electrons. The zero-order valence-electron chi connectivity index (χ0n) is 11.5. The zero-order valence-corrected chi connectivity index (χ0v) is 13.1. The summed E-state index contributed by atoms with van der Waals surface area (Å²) in [6.07, 6.45) is 5.14. The molecular formula is C15H19BrN2O2. The highest BCUT2D eigenvalue weighted by atomic mass is 79.9. The third kappa shape index (κ3) is 3.84. The number of likely N-dealkylation sites (tertiary alicyclic amines) is 1. The highest BCUT2D eigenvalue weighted by Crippen LogP contribution is 2.24. The zero-order chi connectivity index (χ0) is 14.5. The van der Waals surface area contributed by atoms with E-state index < -0.39 is 0 Å². The Bertz CT molecular complexity index is 509. The molecular weight excluding hydrogens is 320 g/mol. The summed E-state index contributed by atoms with van der Waals surface area (Å²) in [5.74, 6) is 0.775. The fraction of sp³-hybridized carbons (Fsp3) is 0.400. The van der Waals surface area contributed by atoms with E-state index in [9.17, 15) is 4.79 Å². The number of rotatable bonds is 3. The van der Waals surface area contributed by atoms with Crippen LogP contribution in [0, 0.1) is 0 Å². The van der Waals surface area contributed by atoms with Crippen molar-refractivity contribution in [2.75, 3.05) is 20.2 Å². The lowest BCUT2D eigenvalue weighted by atomic mass is 10.1. The van der Waals surface area contributed by atoms with Crippen molar-refractivity contribution in [2.24, 2.45) is 5.73 Å². The number of ether oxygens (including phenoxy) is 1. The number of carbonyl (C=O) groups excluding carboxylic acids is 1. The number of methoxy groups -OCH3 is 1. The monoisotopic (exact) mass is 338 g/mol. The van der Waals surface area contributed by atoms with E-state index in [0.717, 1.165) is 41.7 Å². The molecule has 2 rings (SSSR count). The van der Waals surface area contributed by atoms with Crippen LogP contribution >= 0.6 is 15.9 Å². The first-order valence-electron chi connectivity index (χ1n) is 6.66. The molecule has 108 valence electrons. The lowest BCUT2D eigenvalue weighted by molar-refractivity contribution is -0.126. The number of nitrogens with zero attached hydrogens (tertiary/aromatic N) is 1. The Morgan fingerprint density at radius 3 is 2.80 bits per heavy atom. The van der Waals surface area contributed by atoms with Crippen molar-refractivity contribution >= 4 is 27.9 Å². The Hall–Kier alpha value is -1.33. The molecule has 0 saturated carbocycles. The lowest BCUT2D eigenvalue weighted by Crippen LogP contribution is -2.42. The first-order chi connectivity index (χ1) is 9.60. The standard InChI is InChI=1S/C15H19BrN2O2/c1-20-14-4-3-12(16)10-11(14)2-5-15(19)18-8-6-13(17)7-9-18/h2-5,10,13H,6-9,17H2,1H3. The van der Waals surface area contributed by atoms with E-state index in [1.165, 1.54) is 0 Å². The smallest absolute Gasteiger partial charge is 0.246 e. The van der Waals surface area contributed by atoms with Gasteiger partial charge in [-0.2, -0.15) is 0 Å². The summed E-state index contributed by atoms with van der Waals surface area (Å²) >= 11 is 3.42. The normalized spacial score (nSPS) is 16.6. The van der Waals surface area contributed by atoms with Gasteiger partial charge in [0, 0.05) is 35.2 Å². The first kappa shape index (κ1) is 15.1. The highest BCUT2D eigenvalue weighted by Gasteiger charge is 2.18. The fourth-order valence-electron chi connectivity index (χ4n) is 2.22. The van der Waals surface area contributed by atoms with Gasteiger partial charge in [-0.3, -0.25) is 4.79 Å². The molecule has 1 aromatic rings. The van der Waals surface area contributed by atoms with Gasteiger partial charge in [0.15, 0.2) is 0 Å². The molecule has 1 aromatic carbocycles. The van der Waals surface area contributed by atoms with Crippen LogP contribution in [0.5, 0.6) is 5.75 Å². The average molecular weight is 339 g/mol. The molecule has 4 nitrogen and oxygen atoms in total. The van der Waals surface area contributed by atoms with Crippen LogP contribution < -0.4 is 10.5 Å². The van der Waals surface area contributed by atoms with Crippen molar-refractivity contribution in [1.82, 2.24) is 4.90 Å². The molecule has 1 fully saturated rings. The van der Waals surface area contributed by atoms with E-state index in [0.29, 0.717) is 0 Å². The number of halogens is 1. The second-order valence-electron chi connectivity index (χ2n) is 4.88. The maximum atomic E-state index is 12.1. The third-order valence-corrected chi connectivity index (χ3v) is 3.94. The second-order valence-corrected chi connectivity index (χ2v) is 5.80. The summed E-state index contributed by atoms with van der Waals surface area (Å²) in [7, 11) is 1.62. The van der Waals surface area contributed by atoms with E-state index in [4.69, 9.17) is 10.5 Å². The minimum atomic E-state index is 0.0268. The van der Waals surface area contributed by atoms with Crippen LogP contribution in [0.1, 0.15) is 18.4 Å². The van der Waals surface area contributed by atoms with E-state index in [1.54, 1.807) is 19.3 Å². The van der Waals surface area contributed by atoms with Gasteiger partial charge < -0.3 is 15.4 Å². The van der Waals surface area contributed by atoms with Gasteiger partial charge in [-0.1, -0.05) is 15.9 Å². The average Bonchev–Trinajstić information content (AvgIpc) is 2.45. The highest BCUT2D eigenvalue weighted by molar-refractivity contribution is 9.10. The number of benzene rings is 1. The van der Waals surface area contributed by atoms with Crippen LogP contribution in [0.3, 0.4) is 0 Å². The van der Waals surface area contributed by atoms with E-state index >= 15 is 0 Å². The molecule has 0 atom stereocenters. The number of nitrogens with two attached hydrogens (primary N) is 1. The van der Waals surface area contributed by atoms with Gasteiger partial charge in [0.1, 0.15) is 5.75 Å². The summed E-state index contributed by atoms with van der Waals surface area (Å²) in [4.78, 5) is 13.9. The Morgan fingerprint density at radius 2 is 2.15 bits per heavy atom. The van der Waals surface area contributed by atoms with Gasteiger partial charge in [0.2, 0.25) is 5.91 Å². The number of amides is 1. The van der Waals surface area contributed by atoms with Crippen LogP contribution in [0.25, 0.3) is 6.08 Å². The van der Waals surface area contributed by atoms with Gasteiger partial charge in [-0.05, 0) is 37.1 Å². The van der Waals surface area contributed by atoms with Crippen molar-refractivity contribution in [3.05, 3.63) is 34.3 Å². The molecule has 2 N–H and O–H groups in total. The second kappa shape index (κ2) is 6.90. The fourth-order valence-corrected chi connectivity index (χ4v) is 2.60. The summed E-state index contributed by atoms with van der Waals surface area (Å²) in [5, 5.41) is 0. The molecule has 0 spiro atoms. The summed E-state index contributed by atoms with van der Waals surface area (Å²) in [5.41, 5.74) is 6.72. The SMILES string of the molecule is COc1ccc(Br)cc1C=CC(=O)N1CCC(N)CC1. The molecule has 1 saturated heterocycles. The maximum absolute atomic E-state index is 12.1. The summed E-state index contributed by atoms with van der Waals surface area (Å²) < 4.78 is 6.23. The molecule has 1 heterocycles. The molecule has 20 heavy (non-hydrogen) atoms. The Balaban J connectivity index is 2.05. The largest absolute Gasteiger partial charge is 0.496 e. The van der Waals surface area contributed by atoms with E-state index in [-0.39, 0.29) is 11.9 Å². The van der Waals surface area contributed by atoms with Crippen molar-refractivity contribution in [3.63, 3.8) is 0 Å². The predicted octanol–water partition coefficient (Wildman–Crippen LogP) is 2.42. The lowest BCUT2D eigenvalue weighted by Gasteiger charge is -2.29. The molecule has 0 aromatic heterocycles. The van der Waals surface area contributed by atoms with Gasteiger partial charge >= 0.3 is 0 Å².